The minimum Gasteiger partial charge on any atom is -0.374 e. The predicted octanol–water partition coefficient (Wildman–Crippen LogP) is 3.01. The third-order valence-electron chi connectivity index (χ3n) is 2.21. The highest BCUT2D eigenvalue weighted by Gasteiger charge is 2.18. The zero-order valence-electron chi connectivity index (χ0n) is 9.46. The first-order valence-corrected chi connectivity index (χ1v) is 5.65. The molecule has 90 valence electrons. The monoisotopic (exact) mass is 291 g/mol. The molecule has 0 saturated heterocycles. The van der Waals surface area contributed by atoms with Crippen molar-refractivity contribution in [2.24, 2.45) is 0 Å². The van der Waals surface area contributed by atoms with E-state index in [2.05, 4.69) is 21.2 Å². The first kappa shape index (κ1) is 13.4. The minimum absolute atomic E-state index is 0.164. The van der Waals surface area contributed by atoms with Gasteiger partial charge >= 0.3 is 0 Å². The van der Waals surface area contributed by atoms with Crippen LogP contribution in [0.2, 0.25) is 0 Å². The van der Waals surface area contributed by atoms with E-state index in [0.717, 1.165) is 0 Å². The molecule has 0 aliphatic carbocycles. The number of ether oxygens (including phenoxy) is 2. The lowest BCUT2D eigenvalue weighted by atomic mass is 10.2. The van der Waals surface area contributed by atoms with E-state index in [4.69, 9.17) is 9.47 Å². The normalized spacial score (nSPS) is 12.9. The molecule has 0 amide bonds. The summed E-state index contributed by atoms with van der Waals surface area (Å²) in [6.07, 6.45) is -0.425. The molecule has 1 N–H and O–H groups in total. The molecule has 0 fully saturated rings. The minimum atomic E-state index is -0.425. The SMILES string of the molecule is COC(OC)C(C)Nc1c(F)cccc1Br. The lowest BCUT2D eigenvalue weighted by Crippen LogP contribution is -2.34. The summed E-state index contributed by atoms with van der Waals surface area (Å²) in [4.78, 5) is 0. The molecule has 0 radical (unpaired) electrons. The molecule has 5 heteroatoms. The molecule has 1 aromatic carbocycles. The average Bonchev–Trinajstić information content (AvgIpc) is 2.25. The summed E-state index contributed by atoms with van der Waals surface area (Å²) in [6.45, 7) is 1.86. The van der Waals surface area contributed by atoms with Gasteiger partial charge in [0.2, 0.25) is 0 Å². The van der Waals surface area contributed by atoms with E-state index in [9.17, 15) is 4.39 Å². The van der Waals surface area contributed by atoms with E-state index in [-0.39, 0.29) is 11.9 Å². The quantitative estimate of drug-likeness (QED) is 0.846. The molecule has 0 bridgehead atoms. The van der Waals surface area contributed by atoms with Gasteiger partial charge < -0.3 is 14.8 Å². The highest BCUT2D eigenvalue weighted by molar-refractivity contribution is 9.10. The topological polar surface area (TPSA) is 30.5 Å². The number of rotatable bonds is 5. The standard InChI is InChI=1S/C11H15BrFNO2/c1-7(11(15-2)16-3)14-10-8(12)5-4-6-9(10)13/h4-7,11,14H,1-3H3. The second-order valence-electron chi connectivity index (χ2n) is 3.37. The number of anilines is 1. The summed E-state index contributed by atoms with van der Waals surface area (Å²) in [6, 6.07) is 4.64. The molecule has 0 aliphatic heterocycles. The number of nitrogens with one attached hydrogen (secondary N) is 1. The van der Waals surface area contributed by atoms with Crippen LogP contribution in [0.4, 0.5) is 10.1 Å². The van der Waals surface area contributed by atoms with Gasteiger partial charge in [0, 0.05) is 18.7 Å². The van der Waals surface area contributed by atoms with Gasteiger partial charge in [-0.2, -0.15) is 0 Å². The zero-order valence-corrected chi connectivity index (χ0v) is 11.0. The lowest BCUT2D eigenvalue weighted by Gasteiger charge is -2.23. The Morgan fingerprint density at radius 1 is 1.31 bits per heavy atom. The third kappa shape index (κ3) is 3.17. The zero-order chi connectivity index (χ0) is 12.1. The molecule has 0 spiro atoms. The van der Waals surface area contributed by atoms with Gasteiger partial charge in [0.05, 0.1) is 11.7 Å². The van der Waals surface area contributed by atoms with Crippen molar-refractivity contribution in [3.8, 4) is 0 Å². The summed E-state index contributed by atoms with van der Waals surface area (Å²) in [7, 11) is 3.09. The van der Waals surface area contributed by atoms with Crippen molar-refractivity contribution in [2.75, 3.05) is 19.5 Å². The molecule has 0 aromatic heterocycles. The van der Waals surface area contributed by atoms with Crippen LogP contribution in [0.1, 0.15) is 6.92 Å². The largest absolute Gasteiger partial charge is 0.374 e. The van der Waals surface area contributed by atoms with Gasteiger partial charge in [0.25, 0.3) is 0 Å². The molecular weight excluding hydrogens is 277 g/mol. The van der Waals surface area contributed by atoms with E-state index >= 15 is 0 Å². The van der Waals surface area contributed by atoms with Crippen LogP contribution in [-0.4, -0.2) is 26.6 Å². The van der Waals surface area contributed by atoms with Gasteiger partial charge in [0.15, 0.2) is 6.29 Å². The fourth-order valence-corrected chi connectivity index (χ4v) is 1.89. The molecule has 16 heavy (non-hydrogen) atoms. The Hall–Kier alpha value is -0.650. The molecular formula is C11H15BrFNO2. The molecule has 1 unspecified atom stereocenters. The van der Waals surface area contributed by atoms with Gasteiger partial charge in [-0.15, -0.1) is 0 Å². The van der Waals surface area contributed by atoms with E-state index in [1.54, 1.807) is 26.4 Å². The van der Waals surface area contributed by atoms with Gasteiger partial charge in [0.1, 0.15) is 5.82 Å². The van der Waals surface area contributed by atoms with Crippen LogP contribution in [0, 0.1) is 5.82 Å². The molecule has 1 aromatic rings. The van der Waals surface area contributed by atoms with Gasteiger partial charge in [-0.05, 0) is 35.0 Å². The van der Waals surface area contributed by atoms with Crippen LogP contribution in [-0.2, 0) is 9.47 Å². The predicted molar refractivity (Wildman–Crippen MR) is 65.0 cm³/mol. The van der Waals surface area contributed by atoms with Crippen LogP contribution >= 0.6 is 15.9 Å². The maximum absolute atomic E-state index is 13.5. The summed E-state index contributed by atoms with van der Waals surface area (Å²) in [5.74, 6) is -0.313. The molecule has 3 nitrogen and oxygen atoms in total. The van der Waals surface area contributed by atoms with Crippen molar-refractivity contribution in [3.63, 3.8) is 0 Å². The van der Waals surface area contributed by atoms with Crippen molar-refractivity contribution in [1.82, 2.24) is 0 Å². The second-order valence-corrected chi connectivity index (χ2v) is 4.22. The maximum atomic E-state index is 13.5. The first-order chi connectivity index (χ1) is 7.60. The second kappa shape index (κ2) is 6.18. The number of hydrogen-bond acceptors (Lipinski definition) is 3. The van der Waals surface area contributed by atoms with Crippen LogP contribution < -0.4 is 5.32 Å². The summed E-state index contributed by atoms with van der Waals surface area (Å²) >= 11 is 3.28. The van der Waals surface area contributed by atoms with Crippen LogP contribution in [0.5, 0.6) is 0 Å². The summed E-state index contributed by atoms with van der Waals surface area (Å²) in [5, 5.41) is 3.01. The Balaban J connectivity index is 2.80. The molecule has 1 rings (SSSR count). The van der Waals surface area contributed by atoms with E-state index in [0.29, 0.717) is 10.2 Å². The first-order valence-electron chi connectivity index (χ1n) is 4.86. The molecule has 0 saturated carbocycles. The van der Waals surface area contributed by atoms with Crippen LogP contribution in [0.3, 0.4) is 0 Å². The van der Waals surface area contributed by atoms with E-state index in [1.807, 2.05) is 6.92 Å². The number of methoxy groups -OCH3 is 2. The van der Waals surface area contributed by atoms with Crippen molar-refractivity contribution < 1.29 is 13.9 Å². The Morgan fingerprint density at radius 3 is 2.44 bits per heavy atom. The smallest absolute Gasteiger partial charge is 0.176 e. The number of halogens is 2. The van der Waals surface area contributed by atoms with Gasteiger partial charge in [-0.1, -0.05) is 6.07 Å². The molecule has 0 aliphatic rings. The Labute approximate surface area is 103 Å². The summed E-state index contributed by atoms with van der Waals surface area (Å²) in [5.41, 5.74) is 0.411. The lowest BCUT2D eigenvalue weighted by molar-refractivity contribution is -0.109. The average molecular weight is 292 g/mol. The van der Waals surface area contributed by atoms with Crippen LogP contribution in [0.25, 0.3) is 0 Å². The van der Waals surface area contributed by atoms with Crippen molar-refractivity contribution in [1.29, 1.82) is 0 Å². The molecule has 1 atom stereocenters. The highest BCUT2D eigenvalue weighted by Crippen LogP contribution is 2.26. The van der Waals surface area contributed by atoms with Crippen molar-refractivity contribution in [3.05, 3.63) is 28.5 Å². The molecule has 0 heterocycles. The number of para-hydroxylation sites is 1. The van der Waals surface area contributed by atoms with Crippen molar-refractivity contribution >= 4 is 21.6 Å². The van der Waals surface area contributed by atoms with Gasteiger partial charge in [-0.25, -0.2) is 4.39 Å². The number of hydrogen-bond donors (Lipinski definition) is 1. The van der Waals surface area contributed by atoms with Crippen LogP contribution in [0.15, 0.2) is 22.7 Å². The summed E-state index contributed by atoms with van der Waals surface area (Å²) < 4.78 is 24.4. The Bertz CT molecular complexity index is 325. The van der Waals surface area contributed by atoms with Crippen molar-refractivity contribution in [2.45, 2.75) is 19.3 Å². The maximum Gasteiger partial charge on any atom is 0.176 e. The van der Waals surface area contributed by atoms with E-state index < -0.39 is 6.29 Å². The fourth-order valence-electron chi connectivity index (χ4n) is 1.44. The van der Waals surface area contributed by atoms with Gasteiger partial charge in [-0.3, -0.25) is 0 Å². The Kier molecular flexibility index (Phi) is 5.18. The highest BCUT2D eigenvalue weighted by atomic mass is 79.9. The number of benzene rings is 1. The van der Waals surface area contributed by atoms with E-state index in [1.165, 1.54) is 6.07 Å². The third-order valence-corrected chi connectivity index (χ3v) is 2.87. The Morgan fingerprint density at radius 2 is 1.94 bits per heavy atom. The fraction of sp³-hybridized carbons (Fsp3) is 0.455.